The van der Waals surface area contributed by atoms with Crippen LogP contribution in [0.25, 0.3) is 0 Å². The molecule has 88 valence electrons. The Hall–Kier alpha value is -2.30. The summed E-state index contributed by atoms with van der Waals surface area (Å²) in [6.45, 7) is 1.86. The SMILES string of the molecule is COc1ccc(Oc2ccc(C)nn2)c(N)c1. The standard InChI is InChI=1S/C12H13N3O2/c1-8-3-6-12(15-14-8)17-11-5-4-9(16-2)7-10(11)13/h3-7H,13H2,1-2H3. The molecule has 0 aliphatic heterocycles. The molecule has 17 heavy (non-hydrogen) atoms. The molecule has 1 heterocycles. The average molecular weight is 231 g/mol. The molecule has 2 aromatic rings. The van der Waals surface area contributed by atoms with Gasteiger partial charge >= 0.3 is 0 Å². The van der Waals surface area contributed by atoms with Crippen molar-refractivity contribution >= 4 is 5.69 Å². The van der Waals surface area contributed by atoms with Crippen molar-refractivity contribution in [3.05, 3.63) is 36.0 Å². The normalized spacial score (nSPS) is 10.0. The number of hydrogen-bond donors (Lipinski definition) is 1. The Morgan fingerprint density at radius 2 is 1.94 bits per heavy atom. The maximum absolute atomic E-state index is 5.82. The summed E-state index contributed by atoms with van der Waals surface area (Å²) in [5.74, 6) is 1.63. The zero-order chi connectivity index (χ0) is 12.3. The first-order valence-electron chi connectivity index (χ1n) is 5.11. The van der Waals surface area contributed by atoms with Crippen molar-refractivity contribution in [1.82, 2.24) is 10.2 Å². The third-order valence-electron chi connectivity index (χ3n) is 2.20. The van der Waals surface area contributed by atoms with E-state index >= 15 is 0 Å². The number of aromatic nitrogens is 2. The minimum atomic E-state index is 0.410. The maximum Gasteiger partial charge on any atom is 0.238 e. The van der Waals surface area contributed by atoms with E-state index in [-0.39, 0.29) is 0 Å². The maximum atomic E-state index is 5.82. The number of aryl methyl sites for hydroxylation is 1. The number of nitrogens with two attached hydrogens (primary N) is 1. The Bertz CT molecular complexity index is 512. The summed E-state index contributed by atoms with van der Waals surface area (Å²) in [5, 5.41) is 7.80. The molecule has 1 aromatic heterocycles. The number of nitrogens with zero attached hydrogens (tertiary/aromatic N) is 2. The number of hydrogen-bond acceptors (Lipinski definition) is 5. The summed E-state index contributed by atoms with van der Waals surface area (Å²) in [6.07, 6.45) is 0. The molecule has 2 N–H and O–H groups in total. The molecule has 2 rings (SSSR count). The van der Waals surface area contributed by atoms with Gasteiger partial charge in [-0.15, -0.1) is 5.10 Å². The number of ether oxygens (including phenoxy) is 2. The summed E-state index contributed by atoms with van der Waals surface area (Å²) in [6, 6.07) is 8.76. The molecule has 0 unspecified atom stereocenters. The van der Waals surface area contributed by atoms with Gasteiger partial charge in [0.05, 0.1) is 18.5 Å². The first-order chi connectivity index (χ1) is 8.19. The molecule has 0 spiro atoms. The highest BCUT2D eigenvalue weighted by atomic mass is 16.5. The summed E-state index contributed by atoms with van der Waals surface area (Å²) in [7, 11) is 1.58. The molecule has 1 aromatic carbocycles. The van der Waals surface area contributed by atoms with Crippen molar-refractivity contribution in [2.45, 2.75) is 6.92 Å². The average Bonchev–Trinajstić information content (AvgIpc) is 2.34. The third kappa shape index (κ3) is 2.63. The molecule has 0 aliphatic rings. The van der Waals surface area contributed by atoms with E-state index in [9.17, 15) is 0 Å². The predicted octanol–water partition coefficient (Wildman–Crippen LogP) is 2.17. The van der Waals surface area contributed by atoms with Crippen LogP contribution in [0.1, 0.15) is 5.69 Å². The van der Waals surface area contributed by atoms with Gasteiger partial charge in [-0.3, -0.25) is 0 Å². The summed E-state index contributed by atoms with van der Waals surface area (Å²) in [5.41, 5.74) is 7.15. The topological polar surface area (TPSA) is 70.3 Å². The van der Waals surface area contributed by atoms with Gasteiger partial charge in [0.15, 0.2) is 5.75 Å². The van der Waals surface area contributed by atoms with Gasteiger partial charge in [0.2, 0.25) is 5.88 Å². The molecule has 0 amide bonds. The molecule has 0 atom stereocenters. The number of nitrogen functional groups attached to an aromatic ring is 1. The molecule has 0 saturated carbocycles. The van der Waals surface area contributed by atoms with Crippen LogP contribution < -0.4 is 15.2 Å². The fourth-order valence-electron chi connectivity index (χ4n) is 1.30. The zero-order valence-electron chi connectivity index (χ0n) is 9.68. The lowest BCUT2D eigenvalue weighted by atomic mass is 10.3. The van der Waals surface area contributed by atoms with Crippen LogP contribution in [0.2, 0.25) is 0 Å². The van der Waals surface area contributed by atoms with Crippen LogP contribution >= 0.6 is 0 Å². The van der Waals surface area contributed by atoms with Crippen molar-refractivity contribution in [2.24, 2.45) is 0 Å². The van der Waals surface area contributed by atoms with Crippen molar-refractivity contribution in [2.75, 3.05) is 12.8 Å². The van der Waals surface area contributed by atoms with Crippen LogP contribution in [0.15, 0.2) is 30.3 Å². The second-order valence-corrected chi connectivity index (χ2v) is 3.52. The van der Waals surface area contributed by atoms with E-state index in [4.69, 9.17) is 15.2 Å². The predicted molar refractivity (Wildman–Crippen MR) is 64.2 cm³/mol. The largest absolute Gasteiger partial charge is 0.497 e. The van der Waals surface area contributed by atoms with Crippen LogP contribution in [0.5, 0.6) is 17.4 Å². The number of methoxy groups -OCH3 is 1. The Balaban J connectivity index is 2.21. The highest BCUT2D eigenvalue weighted by Crippen LogP contribution is 2.29. The summed E-state index contributed by atoms with van der Waals surface area (Å²) in [4.78, 5) is 0. The van der Waals surface area contributed by atoms with Crippen molar-refractivity contribution in [1.29, 1.82) is 0 Å². The van der Waals surface area contributed by atoms with Crippen LogP contribution in [0, 0.1) is 6.92 Å². The summed E-state index contributed by atoms with van der Waals surface area (Å²) >= 11 is 0. The van der Waals surface area contributed by atoms with Crippen molar-refractivity contribution in [3.8, 4) is 17.4 Å². The van der Waals surface area contributed by atoms with Crippen LogP contribution in [-0.4, -0.2) is 17.3 Å². The van der Waals surface area contributed by atoms with E-state index in [0.717, 1.165) is 5.69 Å². The fraction of sp³-hybridized carbons (Fsp3) is 0.167. The van der Waals surface area contributed by atoms with Gasteiger partial charge in [-0.25, -0.2) is 0 Å². The lowest BCUT2D eigenvalue weighted by Crippen LogP contribution is -1.96. The summed E-state index contributed by atoms with van der Waals surface area (Å²) < 4.78 is 10.6. The number of benzene rings is 1. The highest BCUT2D eigenvalue weighted by Gasteiger charge is 2.04. The minimum absolute atomic E-state index is 0.410. The van der Waals surface area contributed by atoms with E-state index in [0.29, 0.717) is 23.1 Å². The first-order valence-corrected chi connectivity index (χ1v) is 5.11. The number of anilines is 1. The molecule has 5 heteroatoms. The van der Waals surface area contributed by atoms with Crippen molar-refractivity contribution < 1.29 is 9.47 Å². The molecule has 0 fully saturated rings. The van der Waals surface area contributed by atoms with E-state index in [1.54, 1.807) is 31.4 Å². The van der Waals surface area contributed by atoms with E-state index in [1.807, 2.05) is 13.0 Å². The van der Waals surface area contributed by atoms with Gasteiger partial charge in [-0.1, -0.05) is 0 Å². The smallest absolute Gasteiger partial charge is 0.238 e. The molecule has 0 saturated heterocycles. The van der Waals surface area contributed by atoms with E-state index in [2.05, 4.69) is 10.2 Å². The Morgan fingerprint density at radius 3 is 2.53 bits per heavy atom. The molecular weight excluding hydrogens is 218 g/mol. The minimum Gasteiger partial charge on any atom is -0.497 e. The monoisotopic (exact) mass is 231 g/mol. The van der Waals surface area contributed by atoms with E-state index in [1.165, 1.54) is 0 Å². The Labute approximate surface area is 99.2 Å². The second kappa shape index (κ2) is 4.69. The van der Waals surface area contributed by atoms with Crippen LogP contribution in [0.4, 0.5) is 5.69 Å². The van der Waals surface area contributed by atoms with E-state index < -0.39 is 0 Å². The lowest BCUT2D eigenvalue weighted by molar-refractivity contribution is 0.412. The van der Waals surface area contributed by atoms with Gasteiger partial charge in [0.1, 0.15) is 5.75 Å². The van der Waals surface area contributed by atoms with Gasteiger partial charge in [-0.2, -0.15) is 5.10 Å². The molecular formula is C12H13N3O2. The Morgan fingerprint density at radius 1 is 1.12 bits per heavy atom. The molecule has 5 nitrogen and oxygen atoms in total. The van der Waals surface area contributed by atoms with Crippen LogP contribution in [-0.2, 0) is 0 Å². The lowest BCUT2D eigenvalue weighted by Gasteiger charge is -2.08. The third-order valence-corrected chi connectivity index (χ3v) is 2.20. The van der Waals surface area contributed by atoms with Gasteiger partial charge < -0.3 is 15.2 Å². The first kappa shape index (κ1) is 11.2. The Kier molecular flexibility index (Phi) is 3.09. The number of rotatable bonds is 3. The van der Waals surface area contributed by atoms with Gasteiger partial charge in [-0.05, 0) is 25.1 Å². The zero-order valence-corrected chi connectivity index (χ0v) is 9.68. The fourth-order valence-corrected chi connectivity index (χ4v) is 1.30. The van der Waals surface area contributed by atoms with Crippen LogP contribution in [0.3, 0.4) is 0 Å². The molecule has 0 bridgehead atoms. The van der Waals surface area contributed by atoms with Crippen molar-refractivity contribution in [3.63, 3.8) is 0 Å². The van der Waals surface area contributed by atoms with Gasteiger partial charge in [0, 0.05) is 12.1 Å². The van der Waals surface area contributed by atoms with Gasteiger partial charge in [0.25, 0.3) is 0 Å². The molecule has 0 aliphatic carbocycles. The highest BCUT2D eigenvalue weighted by molar-refractivity contribution is 5.57. The quantitative estimate of drug-likeness (QED) is 0.820. The second-order valence-electron chi connectivity index (χ2n) is 3.52. The molecule has 0 radical (unpaired) electrons.